The molecule has 192 valence electrons. The van der Waals surface area contributed by atoms with Crippen molar-refractivity contribution in [2.75, 3.05) is 0 Å². The number of aliphatic hydroxyl groups excluding tert-OH is 2. The number of aryl methyl sites for hydroxylation is 2. The van der Waals surface area contributed by atoms with E-state index in [2.05, 4.69) is 44.2 Å². The largest absolute Gasteiger partial charge is 0.387 e. The number of aliphatic hydroxyl groups is 2. The number of rotatable bonds is 8. The fraction of sp³-hybridized carbons (Fsp3) is 0.188. The second-order valence-electron chi connectivity index (χ2n) is 9.46. The number of aromatic amines is 2. The number of H-pyrrole nitrogens is 2. The number of aromatic nitrogens is 4. The van der Waals surface area contributed by atoms with Crippen molar-refractivity contribution in [2.45, 2.75) is 37.9 Å². The van der Waals surface area contributed by atoms with Gasteiger partial charge in [-0.25, -0.2) is 0 Å². The van der Waals surface area contributed by atoms with Crippen molar-refractivity contribution < 1.29 is 10.2 Å². The van der Waals surface area contributed by atoms with Gasteiger partial charge >= 0.3 is 0 Å². The van der Waals surface area contributed by atoms with E-state index in [4.69, 9.17) is 0 Å². The van der Waals surface area contributed by atoms with E-state index < -0.39 is 12.2 Å². The van der Waals surface area contributed by atoms with Crippen molar-refractivity contribution in [3.8, 4) is 0 Å². The predicted molar refractivity (Wildman–Crippen MR) is 152 cm³/mol. The highest BCUT2D eigenvalue weighted by molar-refractivity contribution is 5.79. The van der Waals surface area contributed by atoms with Gasteiger partial charge in [0, 0.05) is 34.6 Å². The summed E-state index contributed by atoms with van der Waals surface area (Å²) >= 11 is 0. The Labute approximate surface area is 222 Å². The van der Waals surface area contributed by atoms with Gasteiger partial charge in [-0.3, -0.25) is 9.97 Å². The lowest BCUT2D eigenvalue weighted by molar-refractivity contribution is 0.163. The molecular weight excluding hydrogens is 472 g/mol. The van der Waals surface area contributed by atoms with Crippen LogP contribution in [-0.2, 0) is 12.8 Å². The number of nitrogens with zero attached hydrogens (tertiary/aromatic N) is 2. The van der Waals surface area contributed by atoms with Gasteiger partial charge in [0.1, 0.15) is 0 Å². The summed E-state index contributed by atoms with van der Waals surface area (Å²) in [6.45, 7) is 0. The molecule has 6 rings (SSSR count). The molecule has 4 N–H and O–H groups in total. The Hall–Kier alpha value is -4.26. The third kappa shape index (κ3) is 6.54. The Kier molecular flexibility index (Phi) is 8.23. The first kappa shape index (κ1) is 25.4. The minimum Gasteiger partial charge on any atom is -0.387 e. The third-order valence-electron chi connectivity index (χ3n) is 6.71. The molecule has 2 aromatic carbocycles. The van der Waals surface area contributed by atoms with E-state index >= 15 is 0 Å². The maximum absolute atomic E-state index is 10.2. The minimum atomic E-state index is -0.465. The lowest BCUT2D eigenvalue weighted by Crippen LogP contribution is -1.99. The Balaban J connectivity index is 0.000000155. The van der Waals surface area contributed by atoms with Crippen LogP contribution in [0.4, 0.5) is 0 Å². The molecular formula is C32H32N4O2. The standard InChI is InChI=1S/2C16H16N2O/c2*19-16(7-6-12-4-2-1-3-5-12)14-10-13-8-9-17-11-15(13)18-14/h2*1-5,8-11,16,18-19H,6-7H2. The number of benzene rings is 2. The van der Waals surface area contributed by atoms with Gasteiger partial charge < -0.3 is 20.2 Å². The zero-order valence-corrected chi connectivity index (χ0v) is 21.2. The van der Waals surface area contributed by atoms with Gasteiger partial charge in [0.05, 0.1) is 35.6 Å². The molecule has 4 heterocycles. The van der Waals surface area contributed by atoms with E-state index in [1.165, 1.54) is 11.1 Å². The molecule has 0 aliphatic rings. The van der Waals surface area contributed by atoms with Crippen LogP contribution in [0.25, 0.3) is 21.8 Å². The first-order valence-electron chi connectivity index (χ1n) is 12.9. The SMILES string of the molecule is OC(CCc1ccccc1)c1cc2ccncc2[nH]1.OC(CCc1ccccc1)c1cc2ccncc2[nH]1. The number of pyridine rings is 2. The van der Waals surface area contributed by atoms with Crippen LogP contribution < -0.4 is 0 Å². The van der Waals surface area contributed by atoms with Crippen molar-refractivity contribution in [2.24, 2.45) is 0 Å². The minimum absolute atomic E-state index is 0.465. The molecule has 0 spiro atoms. The van der Waals surface area contributed by atoms with Crippen molar-refractivity contribution in [1.82, 2.24) is 19.9 Å². The van der Waals surface area contributed by atoms with E-state index in [9.17, 15) is 10.2 Å². The molecule has 2 atom stereocenters. The molecule has 4 aromatic heterocycles. The molecule has 38 heavy (non-hydrogen) atoms. The van der Waals surface area contributed by atoms with Crippen LogP contribution in [-0.4, -0.2) is 30.1 Å². The maximum atomic E-state index is 10.2. The molecule has 2 unspecified atom stereocenters. The van der Waals surface area contributed by atoms with Crippen molar-refractivity contribution in [3.63, 3.8) is 0 Å². The molecule has 0 aliphatic heterocycles. The monoisotopic (exact) mass is 504 g/mol. The summed E-state index contributed by atoms with van der Waals surface area (Å²) in [5, 5.41) is 22.6. The highest BCUT2D eigenvalue weighted by Gasteiger charge is 2.12. The third-order valence-corrected chi connectivity index (χ3v) is 6.71. The Morgan fingerprint density at radius 1 is 0.579 bits per heavy atom. The van der Waals surface area contributed by atoms with Crippen molar-refractivity contribution in [3.05, 3.63) is 132 Å². The Morgan fingerprint density at radius 3 is 1.39 bits per heavy atom. The zero-order chi connectivity index (χ0) is 26.2. The predicted octanol–water partition coefficient (Wildman–Crippen LogP) is 6.46. The number of hydrogen-bond acceptors (Lipinski definition) is 4. The van der Waals surface area contributed by atoms with Gasteiger partial charge in [-0.2, -0.15) is 0 Å². The van der Waals surface area contributed by atoms with E-state index in [1.54, 1.807) is 24.8 Å². The van der Waals surface area contributed by atoms with Gasteiger partial charge in [-0.1, -0.05) is 60.7 Å². The molecule has 0 bridgehead atoms. The highest BCUT2D eigenvalue weighted by Crippen LogP contribution is 2.24. The quantitative estimate of drug-likeness (QED) is 0.191. The highest BCUT2D eigenvalue weighted by atomic mass is 16.3. The topological polar surface area (TPSA) is 97.8 Å². The first-order valence-corrected chi connectivity index (χ1v) is 12.9. The summed E-state index contributed by atoms with van der Waals surface area (Å²) in [4.78, 5) is 14.6. The van der Waals surface area contributed by atoms with Gasteiger partial charge in [-0.15, -0.1) is 0 Å². The van der Waals surface area contributed by atoms with Gasteiger partial charge in [-0.05, 0) is 61.1 Å². The van der Waals surface area contributed by atoms with E-state index in [-0.39, 0.29) is 0 Å². The summed E-state index contributed by atoms with van der Waals surface area (Å²) in [5.41, 5.74) is 6.16. The average molecular weight is 505 g/mol. The van der Waals surface area contributed by atoms with Crippen LogP contribution in [0.15, 0.2) is 110 Å². The van der Waals surface area contributed by atoms with Crippen LogP contribution in [0, 0.1) is 0 Å². The van der Waals surface area contributed by atoms with Crippen molar-refractivity contribution >= 4 is 21.8 Å². The first-order chi connectivity index (χ1) is 18.7. The van der Waals surface area contributed by atoms with Gasteiger partial charge in [0.2, 0.25) is 0 Å². The smallest absolute Gasteiger partial charge is 0.0941 e. The lowest BCUT2D eigenvalue weighted by atomic mass is 10.1. The summed E-state index contributed by atoms with van der Waals surface area (Å²) in [5.74, 6) is 0. The fourth-order valence-electron chi connectivity index (χ4n) is 4.56. The Morgan fingerprint density at radius 2 is 1.00 bits per heavy atom. The maximum Gasteiger partial charge on any atom is 0.0941 e. The Bertz CT molecular complexity index is 1370. The van der Waals surface area contributed by atoms with Crippen molar-refractivity contribution in [1.29, 1.82) is 0 Å². The molecule has 0 aliphatic carbocycles. The van der Waals surface area contributed by atoms with E-state index in [0.717, 1.165) is 46.0 Å². The lowest BCUT2D eigenvalue weighted by Gasteiger charge is -2.08. The van der Waals surface area contributed by atoms with E-state index in [1.807, 2.05) is 60.7 Å². The molecule has 6 aromatic rings. The van der Waals surface area contributed by atoms with Crippen LogP contribution in [0.2, 0.25) is 0 Å². The van der Waals surface area contributed by atoms with Gasteiger partial charge in [0.25, 0.3) is 0 Å². The molecule has 6 heteroatoms. The summed E-state index contributed by atoms with van der Waals surface area (Å²) in [7, 11) is 0. The molecule has 0 fully saturated rings. The zero-order valence-electron chi connectivity index (χ0n) is 21.2. The molecule has 0 amide bonds. The fourth-order valence-corrected chi connectivity index (χ4v) is 4.56. The van der Waals surface area contributed by atoms with E-state index in [0.29, 0.717) is 12.8 Å². The summed E-state index contributed by atoms with van der Waals surface area (Å²) in [6.07, 6.45) is 9.32. The number of fused-ring (bicyclic) bond motifs is 2. The van der Waals surface area contributed by atoms with Crippen LogP contribution >= 0.6 is 0 Å². The molecule has 0 saturated heterocycles. The number of hydrogen-bond donors (Lipinski definition) is 4. The number of nitrogens with one attached hydrogen (secondary N) is 2. The molecule has 0 radical (unpaired) electrons. The molecule has 0 saturated carbocycles. The normalized spacial score (nSPS) is 12.7. The van der Waals surface area contributed by atoms with Crippen LogP contribution in [0.1, 0.15) is 47.6 Å². The summed E-state index contributed by atoms with van der Waals surface area (Å²) < 4.78 is 0. The summed E-state index contributed by atoms with van der Waals surface area (Å²) in [6, 6.07) is 28.3. The van der Waals surface area contributed by atoms with Gasteiger partial charge in [0.15, 0.2) is 0 Å². The van der Waals surface area contributed by atoms with Crippen LogP contribution in [0.5, 0.6) is 0 Å². The van der Waals surface area contributed by atoms with Crippen LogP contribution in [0.3, 0.4) is 0 Å². The second-order valence-corrected chi connectivity index (χ2v) is 9.46. The molecule has 6 nitrogen and oxygen atoms in total. The second kappa shape index (κ2) is 12.3. The average Bonchev–Trinajstić information content (AvgIpc) is 3.61.